The molecule has 0 fully saturated rings. The van der Waals surface area contributed by atoms with E-state index < -0.39 is 36.0 Å². The first-order valence-electron chi connectivity index (χ1n) is 8.29. The van der Waals surface area contributed by atoms with Crippen LogP contribution >= 0.6 is 0 Å². The predicted molar refractivity (Wildman–Crippen MR) is 94.4 cm³/mol. The first-order valence-corrected chi connectivity index (χ1v) is 8.29. The van der Waals surface area contributed by atoms with Gasteiger partial charge in [-0.1, -0.05) is 30.3 Å². The summed E-state index contributed by atoms with van der Waals surface area (Å²) in [6.07, 6.45) is -0.834. The Bertz CT molecular complexity index is 648. The molecule has 2 atom stereocenters. The SMILES string of the molecule is COC(=O)CC[C@@H](NC(=O)[C@H](C)NC(=O)OCc1ccccc1)C(=O)OC. The van der Waals surface area contributed by atoms with E-state index in [1.807, 2.05) is 18.2 Å². The maximum Gasteiger partial charge on any atom is 0.408 e. The Hall–Kier alpha value is -3.10. The molecule has 0 spiro atoms. The van der Waals surface area contributed by atoms with Gasteiger partial charge in [0, 0.05) is 6.42 Å². The number of esters is 2. The molecule has 0 heterocycles. The molecule has 1 rings (SSSR count). The number of carbonyl (C=O) groups is 4. The number of hydrogen-bond donors (Lipinski definition) is 2. The van der Waals surface area contributed by atoms with Crippen molar-refractivity contribution in [1.82, 2.24) is 10.6 Å². The minimum Gasteiger partial charge on any atom is -0.469 e. The third-order valence-electron chi connectivity index (χ3n) is 3.61. The van der Waals surface area contributed by atoms with Crippen molar-refractivity contribution >= 4 is 23.9 Å². The van der Waals surface area contributed by atoms with Crippen molar-refractivity contribution in [2.24, 2.45) is 0 Å². The Kier molecular flexibility index (Phi) is 9.35. The van der Waals surface area contributed by atoms with Crippen LogP contribution in [-0.4, -0.2) is 50.2 Å². The summed E-state index contributed by atoms with van der Waals surface area (Å²) in [5, 5.41) is 4.81. The summed E-state index contributed by atoms with van der Waals surface area (Å²) in [6.45, 7) is 1.50. The van der Waals surface area contributed by atoms with E-state index in [0.717, 1.165) is 5.56 Å². The number of carbonyl (C=O) groups excluding carboxylic acids is 4. The minimum absolute atomic E-state index is 0.0102. The van der Waals surface area contributed by atoms with Crippen LogP contribution in [0.1, 0.15) is 25.3 Å². The standard InChI is InChI=1S/C18H24N2O7/c1-12(19-18(24)27-11-13-7-5-4-6-8-13)16(22)20-14(17(23)26-3)9-10-15(21)25-2/h4-8,12,14H,9-11H2,1-3H3,(H,19,24)(H,20,22)/t12-,14+/m0/s1. The highest BCUT2D eigenvalue weighted by atomic mass is 16.5. The van der Waals surface area contributed by atoms with Crippen LogP contribution in [0.2, 0.25) is 0 Å². The van der Waals surface area contributed by atoms with Gasteiger partial charge in [0.25, 0.3) is 0 Å². The maximum absolute atomic E-state index is 12.2. The fourth-order valence-electron chi connectivity index (χ4n) is 2.06. The van der Waals surface area contributed by atoms with Crippen LogP contribution < -0.4 is 10.6 Å². The van der Waals surface area contributed by atoms with Crippen LogP contribution in [0.25, 0.3) is 0 Å². The zero-order valence-electron chi connectivity index (χ0n) is 15.5. The van der Waals surface area contributed by atoms with Gasteiger partial charge in [-0.2, -0.15) is 0 Å². The smallest absolute Gasteiger partial charge is 0.408 e. The molecule has 0 aliphatic rings. The van der Waals surface area contributed by atoms with Gasteiger partial charge >= 0.3 is 18.0 Å². The molecule has 1 aromatic carbocycles. The van der Waals surface area contributed by atoms with Crippen molar-refractivity contribution in [3.63, 3.8) is 0 Å². The minimum atomic E-state index is -1.04. The fourth-order valence-corrected chi connectivity index (χ4v) is 2.06. The largest absolute Gasteiger partial charge is 0.469 e. The zero-order chi connectivity index (χ0) is 20.2. The molecule has 0 unspecified atom stereocenters. The molecular formula is C18H24N2O7. The van der Waals surface area contributed by atoms with Crippen molar-refractivity contribution < 1.29 is 33.4 Å². The molecular weight excluding hydrogens is 356 g/mol. The molecule has 9 heteroatoms. The average Bonchev–Trinajstić information content (AvgIpc) is 2.69. The van der Waals surface area contributed by atoms with Crippen LogP contribution in [0.15, 0.2) is 30.3 Å². The highest BCUT2D eigenvalue weighted by Gasteiger charge is 2.26. The van der Waals surface area contributed by atoms with Crippen molar-refractivity contribution in [1.29, 1.82) is 0 Å². The number of ether oxygens (including phenoxy) is 3. The Morgan fingerprint density at radius 1 is 1.00 bits per heavy atom. The summed E-state index contributed by atoms with van der Waals surface area (Å²) in [4.78, 5) is 47.0. The van der Waals surface area contributed by atoms with E-state index in [2.05, 4.69) is 20.1 Å². The first kappa shape index (κ1) is 21.9. The van der Waals surface area contributed by atoms with E-state index in [0.29, 0.717) is 0 Å². The van der Waals surface area contributed by atoms with E-state index in [-0.39, 0.29) is 19.4 Å². The van der Waals surface area contributed by atoms with Gasteiger partial charge in [-0.25, -0.2) is 9.59 Å². The summed E-state index contributed by atoms with van der Waals surface area (Å²) in [7, 11) is 2.39. The lowest BCUT2D eigenvalue weighted by atomic mass is 10.1. The second-order valence-corrected chi connectivity index (χ2v) is 5.63. The Morgan fingerprint density at radius 2 is 1.67 bits per heavy atom. The number of rotatable bonds is 9. The molecule has 2 N–H and O–H groups in total. The van der Waals surface area contributed by atoms with Crippen molar-refractivity contribution in [3.8, 4) is 0 Å². The Balaban J connectivity index is 2.50. The summed E-state index contributed by atoms with van der Waals surface area (Å²) in [6, 6.07) is 7.07. The van der Waals surface area contributed by atoms with Crippen LogP contribution in [0.4, 0.5) is 4.79 Å². The Labute approximate surface area is 157 Å². The molecule has 0 saturated carbocycles. The first-order chi connectivity index (χ1) is 12.9. The van der Waals surface area contributed by atoms with Crippen LogP contribution in [-0.2, 0) is 35.2 Å². The molecule has 0 aromatic heterocycles. The molecule has 1 aromatic rings. The van der Waals surface area contributed by atoms with Gasteiger partial charge in [0.05, 0.1) is 14.2 Å². The molecule has 0 bridgehead atoms. The molecule has 9 nitrogen and oxygen atoms in total. The summed E-state index contributed by atoms with van der Waals surface area (Å²) < 4.78 is 14.1. The number of alkyl carbamates (subject to hydrolysis) is 1. The lowest BCUT2D eigenvalue weighted by molar-refractivity contribution is -0.146. The molecule has 0 radical (unpaired) electrons. The van der Waals surface area contributed by atoms with Crippen molar-refractivity contribution in [2.45, 2.75) is 38.5 Å². The maximum atomic E-state index is 12.2. The van der Waals surface area contributed by atoms with E-state index >= 15 is 0 Å². The Morgan fingerprint density at radius 3 is 2.26 bits per heavy atom. The lowest BCUT2D eigenvalue weighted by Crippen LogP contribution is -2.50. The number of hydrogen-bond acceptors (Lipinski definition) is 7. The third-order valence-corrected chi connectivity index (χ3v) is 3.61. The summed E-state index contributed by atoms with van der Waals surface area (Å²) in [5.74, 6) is -1.84. The van der Waals surface area contributed by atoms with Crippen molar-refractivity contribution in [2.75, 3.05) is 14.2 Å². The monoisotopic (exact) mass is 380 g/mol. The van der Waals surface area contributed by atoms with Gasteiger partial charge < -0.3 is 24.8 Å². The summed E-state index contributed by atoms with van der Waals surface area (Å²) >= 11 is 0. The summed E-state index contributed by atoms with van der Waals surface area (Å²) in [5.41, 5.74) is 0.804. The van der Waals surface area contributed by atoms with Gasteiger partial charge in [0.2, 0.25) is 5.91 Å². The molecule has 148 valence electrons. The van der Waals surface area contributed by atoms with E-state index in [4.69, 9.17) is 4.74 Å². The second-order valence-electron chi connectivity index (χ2n) is 5.63. The zero-order valence-corrected chi connectivity index (χ0v) is 15.5. The highest BCUT2D eigenvalue weighted by molar-refractivity contribution is 5.89. The second kappa shape index (κ2) is 11.5. The van der Waals surface area contributed by atoms with Gasteiger partial charge in [0.1, 0.15) is 18.7 Å². The highest BCUT2D eigenvalue weighted by Crippen LogP contribution is 2.03. The van der Waals surface area contributed by atoms with Crippen LogP contribution in [0.3, 0.4) is 0 Å². The number of benzene rings is 1. The van der Waals surface area contributed by atoms with Crippen molar-refractivity contribution in [3.05, 3.63) is 35.9 Å². The molecule has 2 amide bonds. The van der Waals surface area contributed by atoms with E-state index in [1.54, 1.807) is 12.1 Å². The molecule has 0 aliphatic carbocycles. The normalized spacial score (nSPS) is 12.3. The number of nitrogens with one attached hydrogen (secondary N) is 2. The topological polar surface area (TPSA) is 120 Å². The van der Waals surface area contributed by atoms with E-state index in [1.165, 1.54) is 21.1 Å². The fraction of sp³-hybridized carbons (Fsp3) is 0.444. The van der Waals surface area contributed by atoms with E-state index in [9.17, 15) is 19.2 Å². The molecule has 27 heavy (non-hydrogen) atoms. The van der Waals surface area contributed by atoms with Gasteiger partial charge in [-0.05, 0) is 18.9 Å². The number of methoxy groups -OCH3 is 2. The van der Waals surface area contributed by atoms with Crippen LogP contribution in [0.5, 0.6) is 0 Å². The van der Waals surface area contributed by atoms with Crippen LogP contribution in [0, 0.1) is 0 Å². The van der Waals surface area contributed by atoms with Gasteiger partial charge in [0.15, 0.2) is 0 Å². The molecule has 0 saturated heterocycles. The number of amides is 2. The predicted octanol–water partition coefficient (Wildman–Crippen LogP) is 0.912. The quantitative estimate of drug-likeness (QED) is 0.483. The average molecular weight is 380 g/mol. The van der Waals surface area contributed by atoms with Gasteiger partial charge in [-0.15, -0.1) is 0 Å². The lowest BCUT2D eigenvalue weighted by Gasteiger charge is -2.19. The van der Waals surface area contributed by atoms with Gasteiger partial charge in [-0.3, -0.25) is 9.59 Å². The molecule has 0 aliphatic heterocycles. The third kappa shape index (κ3) is 8.21.